The molecule has 10 heteroatoms. The summed E-state index contributed by atoms with van der Waals surface area (Å²) in [6.45, 7) is 5.38. The summed E-state index contributed by atoms with van der Waals surface area (Å²) in [5.74, 6) is 1.18. The first kappa shape index (κ1) is 22.8. The third kappa shape index (κ3) is 5.00. The molecule has 1 aliphatic carbocycles. The van der Waals surface area contributed by atoms with Crippen LogP contribution in [-0.2, 0) is 16.5 Å². The van der Waals surface area contributed by atoms with Gasteiger partial charge in [-0.1, -0.05) is 0 Å². The van der Waals surface area contributed by atoms with Crippen molar-refractivity contribution in [1.29, 1.82) is 0 Å². The first-order valence-electron chi connectivity index (χ1n) is 12.9. The lowest BCUT2D eigenvalue weighted by Crippen LogP contribution is -2.46. The summed E-state index contributed by atoms with van der Waals surface area (Å²) < 4.78 is 21.6. The average Bonchev–Trinajstić information content (AvgIpc) is 3.52. The van der Waals surface area contributed by atoms with Crippen LogP contribution < -0.4 is 10.1 Å². The zero-order chi connectivity index (χ0) is 23.6. The van der Waals surface area contributed by atoms with Crippen LogP contribution in [0.5, 0.6) is 5.88 Å². The molecule has 1 saturated carbocycles. The molecule has 2 aliphatic heterocycles. The smallest absolute Gasteiger partial charge is 0.243 e. The molecule has 3 aliphatic rings. The van der Waals surface area contributed by atoms with Gasteiger partial charge in [-0.25, -0.2) is 4.98 Å². The average molecular weight is 482 g/mol. The number of ether oxygens (including phenoxy) is 3. The maximum atomic E-state index is 6.53. The molecule has 0 unspecified atom stereocenters. The minimum absolute atomic E-state index is 0.171. The van der Waals surface area contributed by atoms with Gasteiger partial charge in [-0.15, -0.1) is 0 Å². The van der Waals surface area contributed by atoms with Crippen molar-refractivity contribution in [3.8, 4) is 5.88 Å². The molecule has 3 fully saturated rings. The fourth-order valence-electron chi connectivity index (χ4n) is 5.60. The maximum absolute atomic E-state index is 6.53. The van der Waals surface area contributed by atoms with E-state index in [4.69, 9.17) is 24.2 Å². The van der Waals surface area contributed by atoms with Crippen LogP contribution in [0, 0.1) is 0 Å². The van der Waals surface area contributed by atoms with Gasteiger partial charge in [0, 0.05) is 51.8 Å². The zero-order valence-corrected chi connectivity index (χ0v) is 20.4. The van der Waals surface area contributed by atoms with Gasteiger partial charge < -0.3 is 24.1 Å². The Bertz CT molecular complexity index is 1130. The van der Waals surface area contributed by atoms with Gasteiger partial charge in [-0.2, -0.15) is 10.1 Å². The molecule has 0 aromatic carbocycles. The molecule has 0 bridgehead atoms. The van der Waals surface area contributed by atoms with E-state index in [2.05, 4.69) is 15.3 Å². The molecule has 5 heterocycles. The van der Waals surface area contributed by atoms with Crippen molar-refractivity contribution in [3.05, 3.63) is 24.7 Å². The summed E-state index contributed by atoms with van der Waals surface area (Å²) in [6.07, 6.45) is 12.4. The Labute approximate surface area is 205 Å². The van der Waals surface area contributed by atoms with Crippen LogP contribution in [0.4, 0.5) is 11.6 Å². The van der Waals surface area contributed by atoms with E-state index in [1.54, 1.807) is 0 Å². The van der Waals surface area contributed by atoms with Gasteiger partial charge >= 0.3 is 0 Å². The van der Waals surface area contributed by atoms with Crippen molar-refractivity contribution in [2.24, 2.45) is 7.05 Å². The Morgan fingerprint density at radius 3 is 2.51 bits per heavy atom. The Balaban J connectivity index is 1.15. The highest BCUT2D eigenvalue weighted by atomic mass is 16.5. The molecule has 0 radical (unpaired) electrons. The number of hydrogen-bond acceptors (Lipinski definition) is 8. The molecule has 188 valence electrons. The molecule has 1 N–H and O–H groups in total. The van der Waals surface area contributed by atoms with Gasteiger partial charge in [0.25, 0.3) is 0 Å². The fourth-order valence-corrected chi connectivity index (χ4v) is 5.60. The Hall–Kier alpha value is -2.69. The van der Waals surface area contributed by atoms with Crippen LogP contribution in [0.1, 0.15) is 44.6 Å². The predicted molar refractivity (Wildman–Crippen MR) is 132 cm³/mol. The quantitative estimate of drug-likeness (QED) is 0.574. The number of nitrogens with zero attached hydrogens (tertiary/aromatic N) is 6. The van der Waals surface area contributed by atoms with Gasteiger partial charge in [0.15, 0.2) is 0 Å². The highest BCUT2D eigenvalue weighted by Crippen LogP contribution is 2.31. The number of aromatic nitrogens is 5. The first-order chi connectivity index (χ1) is 17.2. The molecule has 0 atom stereocenters. The van der Waals surface area contributed by atoms with Gasteiger partial charge in [-0.05, 0) is 44.6 Å². The highest BCUT2D eigenvalue weighted by molar-refractivity contribution is 5.82. The molecule has 2 saturated heterocycles. The number of aryl methyl sites for hydroxylation is 1. The molecule has 0 amide bonds. The molecular weight excluding hydrogens is 446 g/mol. The lowest BCUT2D eigenvalue weighted by atomic mass is 9.91. The van der Waals surface area contributed by atoms with E-state index < -0.39 is 0 Å². The van der Waals surface area contributed by atoms with Crippen molar-refractivity contribution in [2.75, 3.05) is 44.8 Å². The first-order valence-corrected chi connectivity index (χ1v) is 12.9. The molecule has 35 heavy (non-hydrogen) atoms. The summed E-state index contributed by atoms with van der Waals surface area (Å²) in [5.41, 5.74) is 2.69. The molecule has 10 nitrogen and oxygen atoms in total. The van der Waals surface area contributed by atoms with Crippen LogP contribution in [0.3, 0.4) is 0 Å². The summed E-state index contributed by atoms with van der Waals surface area (Å²) in [5, 5.41) is 7.91. The maximum Gasteiger partial charge on any atom is 0.243 e. The van der Waals surface area contributed by atoms with Crippen LogP contribution in [0.25, 0.3) is 11.0 Å². The normalized spacial score (nSPS) is 24.6. The Morgan fingerprint density at radius 2 is 1.71 bits per heavy atom. The third-order valence-corrected chi connectivity index (χ3v) is 7.59. The van der Waals surface area contributed by atoms with E-state index in [0.717, 1.165) is 94.8 Å². The summed E-state index contributed by atoms with van der Waals surface area (Å²) in [7, 11) is 2.01. The van der Waals surface area contributed by atoms with Crippen LogP contribution in [-0.4, -0.2) is 80.9 Å². The topological polar surface area (TPSA) is 91.5 Å². The highest BCUT2D eigenvalue weighted by Gasteiger charge is 2.29. The second kappa shape index (κ2) is 10.1. The number of morpholine rings is 1. The summed E-state index contributed by atoms with van der Waals surface area (Å²) >= 11 is 0. The molecule has 6 rings (SSSR count). The Morgan fingerprint density at radius 1 is 0.943 bits per heavy atom. The molecule has 3 aromatic heterocycles. The lowest BCUT2D eigenvalue weighted by Gasteiger charge is -2.38. The van der Waals surface area contributed by atoms with Gasteiger partial charge in [-0.3, -0.25) is 9.58 Å². The van der Waals surface area contributed by atoms with Gasteiger partial charge in [0.1, 0.15) is 11.6 Å². The minimum atomic E-state index is 0.171. The monoisotopic (exact) mass is 481 g/mol. The van der Waals surface area contributed by atoms with Crippen LogP contribution >= 0.6 is 0 Å². The number of anilines is 2. The second-order valence-electron chi connectivity index (χ2n) is 9.89. The molecule has 3 aromatic rings. The van der Waals surface area contributed by atoms with Crippen molar-refractivity contribution in [2.45, 2.75) is 56.7 Å². The van der Waals surface area contributed by atoms with Gasteiger partial charge in [0.2, 0.25) is 11.8 Å². The summed E-state index contributed by atoms with van der Waals surface area (Å²) in [6, 6.07) is 3.03. The third-order valence-electron chi connectivity index (χ3n) is 7.59. The van der Waals surface area contributed by atoms with Gasteiger partial charge in [0.05, 0.1) is 36.7 Å². The van der Waals surface area contributed by atoms with Crippen molar-refractivity contribution >= 4 is 22.7 Å². The lowest BCUT2D eigenvalue weighted by molar-refractivity contribution is -0.00127. The van der Waals surface area contributed by atoms with Crippen LogP contribution in [0.2, 0.25) is 0 Å². The number of hydrogen-bond donors (Lipinski definition) is 1. The van der Waals surface area contributed by atoms with Crippen molar-refractivity contribution in [1.82, 2.24) is 29.2 Å². The van der Waals surface area contributed by atoms with Crippen molar-refractivity contribution in [3.63, 3.8) is 0 Å². The SMILES string of the molecule is Cn1ccc2nc(Nc3cnn(C4CCOCC4)c3)nc(OC3CCC(N4CCOCC4)CC3)c21. The molecular formula is C25H35N7O3. The number of rotatable bonds is 6. The standard InChI is InChI=1S/C25H35N7O3/c1-30-9-6-22-23(30)24(35-21-4-2-19(3-5-21)31-10-14-34-15-11-31)29-25(28-22)27-18-16-26-32(17-18)20-7-12-33-13-8-20/h6,9,16-17,19-21H,2-5,7-8,10-15H2,1H3,(H,27,28,29). The Kier molecular flexibility index (Phi) is 6.58. The minimum Gasteiger partial charge on any atom is -0.473 e. The van der Waals surface area contributed by atoms with E-state index >= 15 is 0 Å². The largest absolute Gasteiger partial charge is 0.473 e. The second-order valence-corrected chi connectivity index (χ2v) is 9.89. The zero-order valence-electron chi connectivity index (χ0n) is 20.4. The van der Waals surface area contributed by atoms with E-state index in [0.29, 0.717) is 23.9 Å². The van der Waals surface area contributed by atoms with E-state index in [-0.39, 0.29) is 6.10 Å². The number of fused-ring (bicyclic) bond motifs is 1. The number of nitrogens with one attached hydrogen (secondary N) is 1. The van der Waals surface area contributed by atoms with Crippen LogP contribution in [0.15, 0.2) is 24.7 Å². The fraction of sp³-hybridized carbons (Fsp3) is 0.640. The predicted octanol–water partition coefficient (Wildman–Crippen LogP) is 3.28. The van der Waals surface area contributed by atoms with E-state index in [1.165, 1.54) is 0 Å². The summed E-state index contributed by atoms with van der Waals surface area (Å²) in [4.78, 5) is 12.1. The van der Waals surface area contributed by atoms with E-state index in [9.17, 15) is 0 Å². The van der Waals surface area contributed by atoms with Crippen molar-refractivity contribution < 1.29 is 14.2 Å². The van der Waals surface area contributed by atoms with E-state index in [1.807, 2.05) is 41.0 Å². The molecule has 0 spiro atoms.